The fourth-order valence-corrected chi connectivity index (χ4v) is 0.799. The normalized spacial score (nSPS) is 11.3. The SMILES string of the molecule is O=S(=O)(O)Nc1ncc[nH]1. The van der Waals surface area contributed by atoms with Crippen LogP contribution in [-0.4, -0.2) is 22.9 Å². The highest BCUT2D eigenvalue weighted by Crippen LogP contribution is 1.96. The standard InChI is InChI=1S/C3H5N3O3S/c7-10(8,9)6-3-4-1-2-5-3/h1-2H,(H2,4,5,6)(H,7,8,9). The van der Waals surface area contributed by atoms with E-state index in [1.54, 1.807) is 4.72 Å². The van der Waals surface area contributed by atoms with Gasteiger partial charge in [0.2, 0.25) is 5.95 Å². The smallest absolute Gasteiger partial charge is 0.330 e. The second-order valence-corrected chi connectivity index (χ2v) is 2.67. The second-order valence-electron chi connectivity index (χ2n) is 1.51. The third-order valence-electron chi connectivity index (χ3n) is 0.724. The molecule has 56 valence electrons. The molecule has 0 saturated carbocycles. The van der Waals surface area contributed by atoms with Crippen LogP contribution in [0.5, 0.6) is 0 Å². The summed E-state index contributed by atoms with van der Waals surface area (Å²) in [6.07, 6.45) is 2.78. The molecule has 0 atom stereocenters. The van der Waals surface area contributed by atoms with Crippen LogP contribution in [0, 0.1) is 0 Å². The Hall–Kier alpha value is -1.08. The molecule has 1 rings (SSSR count). The van der Waals surface area contributed by atoms with Crippen LogP contribution < -0.4 is 4.72 Å². The predicted octanol–water partition coefficient (Wildman–Crippen LogP) is -0.376. The van der Waals surface area contributed by atoms with Crippen LogP contribution in [0.4, 0.5) is 5.95 Å². The van der Waals surface area contributed by atoms with Gasteiger partial charge in [-0.25, -0.2) is 9.71 Å². The molecule has 1 aromatic rings. The minimum atomic E-state index is -4.19. The Morgan fingerprint density at radius 2 is 2.40 bits per heavy atom. The van der Waals surface area contributed by atoms with E-state index < -0.39 is 10.3 Å². The maximum atomic E-state index is 10.1. The molecule has 10 heavy (non-hydrogen) atoms. The maximum absolute atomic E-state index is 10.1. The van der Waals surface area contributed by atoms with Gasteiger partial charge in [-0.05, 0) is 0 Å². The summed E-state index contributed by atoms with van der Waals surface area (Å²) in [6.45, 7) is 0. The quantitative estimate of drug-likeness (QED) is 0.518. The minimum Gasteiger partial charge on any atom is -0.330 e. The molecule has 0 spiro atoms. The van der Waals surface area contributed by atoms with Crippen molar-refractivity contribution < 1.29 is 13.0 Å². The molecule has 0 aromatic carbocycles. The lowest BCUT2D eigenvalue weighted by molar-refractivity contribution is 0.489. The van der Waals surface area contributed by atoms with E-state index in [1.165, 1.54) is 12.4 Å². The van der Waals surface area contributed by atoms with Gasteiger partial charge in [0.05, 0.1) is 0 Å². The molecule has 0 aliphatic heterocycles. The molecule has 0 radical (unpaired) electrons. The van der Waals surface area contributed by atoms with E-state index in [-0.39, 0.29) is 5.95 Å². The number of nitrogens with zero attached hydrogens (tertiary/aromatic N) is 1. The molecule has 0 aliphatic rings. The summed E-state index contributed by atoms with van der Waals surface area (Å²) in [5.41, 5.74) is 0. The van der Waals surface area contributed by atoms with Crippen molar-refractivity contribution in [2.75, 3.05) is 4.72 Å². The molecule has 1 aromatic heterocycles. The molecule has 0 saturated heterocycles. The first-order valence-corrected chi connectivity index (χ1v) is 3.76. The zero-order valence-corrected chi connectivity index (χ0v) is 5.59. The van der Waals surface area contributed by atoms with Gasteiger partial charge in [-0.3, -0.25) is 4.55 Å². The van der Waals surface area contributed by atoms with Crippen LogP contribution in [-0.2, 0) is 10.3 Å². The molecule has 1 heterocycles. The Kier molecular flexibility index (Phi) is 1.60. The number of anilines is 1. The van der Waals surface area contributed by atoms with Crippen molar-refractivity contribution in [3.63, 3.8) is 0 Å². The van der Waals surface area contributed by atoms with Crippen LogP contribution in [0.1, 0.15) is 0 Å². The highest BCUT2D eigenvalue weighted by atomic mass is 32.2. The average molecular weight is 163 g/mol. The number of hydrogen-bond acceptors (Lipinski definition) is 3. The molecular weight excluding hydrogens is 158 g/mol. The lowest BCUT2D eigenvalue weighted by Gasteiger charge is -1.94. The van der Waals surface area contributed by atoms with E-state index in [4.69, 9.17) is 4.55 Å². The van der Waals surface area contributed by atoms with Crippen LogP contribution in [0.25, 0.3) is 0 Å². The van der Waals surface area contributed by atoms with Gasteiger partial charge >= 0.3 is 10.3 Å². The highest BCUT2D eigenvalue weighted by Gasteiger charge is 2.03. The third-order valence-corrected chi connectivity index (χ3v) is 1.18. The van der Waals surface area contributed by atoms with Gasteiger partial charge in [-0.2, -0.15) is 8.42 Å². The number of imidazole rings is 1. The largest absolute Gasteiger partial charge is 0.359 e. The van der Waals surface area contributed by atoms with Crippen LogP contribution >= 0.6 is 0 Å². The molecular formula is C3H5N3O3S. The topological polar surface area (TPSA) is 95.1 Å². The first-order chi connectivity index (χ1) is 4.58. The van der Waals surface area contributed by atoms with Gasteiger partial charge in [0.1, 0.15) is 0 Å². The van der Waals surface area contributed by atoms with Crippen molar-refractivity contribution in [2.45, 2.75) is 0 Å². The molecule has 3 N–H and O–H groups in total. The van der Waals surface area contributed by atoms with Gasteiger partial charge in [0.25, 0.3) is 0 Å². The predicted molar refractivity (Wildman–Crippen MR) is 33.8 cm³/mol. The number of hydrogen-bond donors (Lipinski definition) is 3. The molecule has 0 aliphatic carbocycles. The lowest BCUT2D eigenvalue weighted by atomic mass is 11.0. The summed E-state index contributed by atoms with van der Waals surface area (Å²) < 4.78 is 30.1. The van der Waals surface area contributed by atoms with Crippen LogP contribution in [0.15, 0.2) is 12.4 Å². The summed E-state index contributed by atoms with van der Waals surface area (Å²) in [6, 6.07) is 0. The fourth-order valence-electron chi connectivity index (χ4n) is 0.443. The van der Waals surface area contributed by atoms with Crippen molar-refractivity contribution in [2.24, 2.45) is 0 Å². The molecule has 0 bridgehead atoms. The van der Waals surface area contributed by atoms with E-state index in [0.29, 0.717) is 0 Å². The summed E-state index contributed by atoms with van der Waals surface area (Å²) in [5, 5.41) is 0. The number of aromatic amines is 1. The average Bonchev–Trinajstić information content (AvgIpc) is 2.12. The zero-order chi connectivity index (χ0) is 7.61. The minimum absolute atomic E-state index is 0.0116. The second kappa shape index (κ2) is 2.27. The van der Waals surface area contributed by atoms with Crippen LogP contribution in [0.3, 0.4) is 0 Å². The van der Waals surface area contributed by atoms with E-state index in [1.807, 2.05) is 0 Å². The number of H-pyrrole nitrogens is 1. The van der Waals surface area contributed by atoms with Crippen LogP contribution in [0.2, 0.25) is 0 Å². The number of aromatic nitrogens is 2. The zero-order valence-electron chi connectivity index (χ0n) is 4.77. The van der Waals surface area contributed by atoms with E-state index >= 15 is 0 Å². The monoisotopic (exact) mass is 163 g/mol. The fraction of sp³-hybridized carbons (Fsp3) is 0. The summed E-state index contributed by atoms with van der Waals surface area (Å²) in [5.74, 6) is -0.0116. The summed E-state index contributed by atoms with van der Waals surface area (Å²) in [7, 11) is -4.19. The van der Waals surface area contributed by atoms with E-state index in [2.05, 4.69) is 9.97 Å². The van der Waals surface area contributed by atoms with Crippen molar-refractivity contribution in [1.82, 2.24) is 9.97 Å². The number of nitrogens with one attached hydrogen (secondary N) is 2. The van der Waals surface area contributed by atoms with Gasteiger partial charge in [-0.15, -0.1) is 0 Å². The first kappa shape index (κ1) is 7.03. The van der Waals surface area contributed by atoms with Crippen molar-refractivity contribution in [3.05, 3.63) is 12.4 Å². The number of rotatable bonds is 2. The van der Waals surface area contributed by atoms with Crippen molar-refractivity contribution in [3.8, 4) is 0 Å². The molecule has 0 amide bonds. The highest BCUT2D eigenvalue weighted by molar-refractivity contribution is 7.87. The Labute approximate surface area is 57.2 Å². The van der Waals surface area contributed by atoms with Crippen molar-refractivity contribution in [1.29, 1.82) is 0 Å². The Morgan fingerprint density at radius 1 is 1.70 bits per heavy atom. The van der Waals surface area contributed by atoms with E-state index in [0.717, 1.165) is 0 Å². The third kappa shape index (κ3) is 2.03. The molecule has 7 heteroatoms. The summed E-state index contributed by atoms with van der Waals surface area (Å²) in [4.78, 5) is 5.93. The Bertz CT molecular complexity index is 289. The van der Waals surface area contributed by atoms with Gasteiger partial charge < -0.3 is 4.98 Å². The molecule has 0 unspecified atom stereocenters. The Morgan fingerprint density at radius 3 is 2.80 bits per heavy atom. The van der Waals surface area contributed by atoms with E-state index in [9.17, 15) is 8.42 Å². The summed E-state index contributed by atoms with van der Waals surface area (Å²) >= 11 is 0. The Balaban J connectivity index is 2.75. The lowest BCUT2D eigenvalue weighted by Crippen LogP contribution is -2.11. The van der Waals surface area contributed by atoms with Gasteiger partial charge in [-0.1, -0.05) is 0 Å². The molecule has 0 fully saturated rings. The van der Waals surface area contributed by atoms with Gasteiger partial charge in [0.15, 0.2) is 0 Å². The maximum Gasteiger partial charge on any atom is 0.359 e. The first-order valence-electron chi connectivity index (χ1n) is 2.32. The molecule has 6 nitrogen and oxygen atoms in total. The van der Waals surface area contributed by atoms with Gasteiger partial charge in [0, 0.05) is 12.4 Å². The van der Waals surface area contributed by atoms with Crippen molar-refractivity contribution >= 4 is 16.3 Å².